The molecule has 1 saturated heterocycles. The number of hydrogen-bond acceptors (Lipinski definition) is 3. The lowest BCUT2D eigenvalue weighted by Gasteiger charge is -2.13. The van der Waals surface area contributed by atoms with Gasteiger partial charge in [0.1, 0.15) is 6.04 Å². The lowest BCUT2D eigenvalue weighted by atomic mass is 10.0. The van der Waals surface area contributed by atoms with Gasteiger partial charge >= 0.3 is 6.18 Å². The van der Waals surface area contributed by atoms with Crippen LogP contribution in [0.3, 0.4) is 0 Å². The maximum atomic E-state index is 12.3. The van der Waals surface area contributed by atoms with E-state index >= 15 is 0 Å². The summed E-state index contributed by atoms with van der Waals surface area (Å²) in [5.74, 6) is 0. The molecule has 3 nitrogen and oxygen atoms in total. The summed E-state index contributed by atoms with van der Waals surface area (Å²) in [5.41, 5.74) is 5.69. The number of pyridine rings is 1. The van der Waals surface area contributed by atoms with Gasteiger partial charge in [-0.1, -0.05) is 0 Å². The smallest absolute Gasteiger partial charge is 0.265 e. The van der Waals surface area contributed by atoms with Gasteiger partial charge in [-0.3, -0.25) is 4.98 Å². The van der Waals surface area contributed by atoms with E-state index in [0.29, 0.717) is 0 Å². The van der Waals surface area contributed by atoms with Crippen molar-refractivity contribution in [1.29, 1.82) is 0 Å². The largest absolute Gasteiger partial charge is 0.405 e. The molecule has 2 unspecified atom stereocenters. The fourth-order valence-electron chi connectivity index (χ4n) is 1.59. The first-order valence-electron chi connectivity index (χ1n) is 4.55. The van der Waals surface area contributed by atoms with E-state index in [0.717, 1.165) is 5.56 Å². The number of aromatic nitrogens is 1. The molecule has 1 aromatic rings. The average Bonchev–Trinajstić information content (AvgIpc) is 2.67. The zero-order valence-corrected chi connectivity index (χ0v) is 7.75. The minimum absolute atomic E-state index is 0.00745. The summed E-state index contributed by atoms with van der Waals surface area (Å²) in [4.78, 5) is 3.81. The Balaban J connectivity index is 2.05. The van der Waals surface area contributed by atoms with E-state index in [1.807, 2.05) is 0 Å². The first-order chi connectivity index (χ1) is 7.07. The van der Waals surface area contributed by atoms with Gasteiger partial charge in [0.05, 0.1) is 0 Å². The first kappa shape index (κ1) is 10.4. The number of rotatable bonds is 1. The zero-order valence-electron chi connectivity index (χ0n) is 7.75. The molecule has 2 atom stereocenters. The maximum Gasteiger partial charge on any atom is 0.405 e. The normalized spacial score (nSPS) is 26.9. The van der Waals surface area contributed by atoms with Crippen molar-refractivity contribution in [2.45, 2.75) is 24.7 Å². The van der Waals surface area contributed by atoms with Crippen molar-refractivity contribution in [2.24, 2.45) is 0 Å². The molecule has 15 heavy (non-hydrogen) atoms. The van der Waals surface area contributed by atoms with E-state index in [9.17, 15) is 13.2 Å². The zero-order chi connectivity index (χ0) is 10.9. The Labute approximate surface area is 84.7 Å². The maximum absolute atomic E-state index is 12.3. The molecule has 82 valence electrons. The molecule has 2 rings (SSSR count). The quantitative estimate of drug-likeness (QED) is 0.749. The summed E-state index contributed by atoms with van der Waals surface area (Å²) in [5, 5.41) is 0. The minimum atomic E-state index is -4.20. The van der Waals surface area contributed by atoms with Crippen molar-refractivity contribution in [3.8, 4) is 0 Å². The topological polar surface area (TPSA) is 37.0 Å². The van der Waals surface area contributed by atoms with Gasteiger partial charge in [-0.2, -0.15) is 13.2 Å². The van der Waals surface area contributed by atoms with E-state index < -0.39 is 12.2 Å². The third-order valence-corrected chi connectivity index (χ3v) is 2.41. The van der Waals surface area contributed by atoms with E-state index in [2.05, 4.69) is 15.8 Å². The highest BCUT2D eigenvalue weighted by atomic mass is 19.4. The van der Waals surface area contributed by atoms with Crippen LogP contribution in [0, 0.1) is 0 Å². The Hall–Kier alpha value is -1.14. The third kappa shape index (κ3) is 2.27. The molecule has 0 aliphatic carbocycles. The fraction of sp³-hybridized carbons (Fsp3) is 0.444. The Morgan fingerprint density at radius 3 is 2.40 bits per heavy atom. The van der Waals surface area contributed by atoms with E-state index in [-0.39, 0.29) is 12.5 Å². The molecule has 0 aromatic carbocycles. The summed E-state index contributed by atoms with van der Waals surface area (Å²) >= 11 is 0. The van der Waals surface area contributed by atoms with Crippen LogP contribution < -0.4 is 10.9 Å². The predicted octanol–water partition coefficient (Wildman–Crippen LogP) is 1.55. The highest BCUT2D eigenvalue weighted by Gasteiger charge is 2.44. The van der Waals surface area contributed by atoms with Gasteiger partial charge in [-0.25, -0.2) is 10.9 Å². The van der Waals surface area contributed by atoms with Crippen molar-refractivity contribution in [2.75, 3.05) is 0 Å². The molecule has 1 aliphatic heterocycles. The molecule has 1 fully saturated rings. The predicted molar refractivity (Wildman–Crippen MR) is 47.7 cm³/mol. The number of alkyl halides is 3. The Morgan fingerprint density at radius 1 is 1.20 bits per heavy atom. The monoisotopic (exact) mass is 217 g/mol. The van der Waals surface area contributed by atoms with Crippen molar-refractivity contribution < 1.29 is 13.2 Å². The van der Waals surface area contributed by atoms with Crippen LogP contribution in [0.25, 0.3) is 0 Å². The number of hydrazine groups is 1. The molecule has 0 saturated carbocycles. The second kappa shape index (κ2) is 3.79. The molecule has 0 spiro atoms. The fourth-order valence-corrected chi connectivity index (χ4v) is 1.59. The number of hydrogen-bond donors (Lipinski definition) is 2. The van der Waals surface area contributed by atoms with Crippen LogP contribution in [0.2, 0.25) is 0 Å². The van der Waals surface area contributed by atoms with Gasteiger partial charge in [0, 0.05) is 18.4 Å². The standard InChI is InChI=1S/C9H10F3N3/c10-9(11,12)8-5-7(14-15-8)6-1-3-13-4-2-6/h1-4,7-8,14-15H,5H2. The van der Waals surface area contributed by atoms with Gasteiger partial charge in [0.25, 0.3) is 0 Å². The average molecular weight is 217 g/mol. The number of halogens is 3. The summed E-state index contributed by atoms with van der Waals surface area (Å²) < 4.78 is 37.0. The van der Waals surface area contributed by atoms with Crippen LogP contribution >= 0.6 is 0 Å². The molecule has 2 heterocycles. The van der Waals surface area contributed by atoms with E-state index in [1.165, 1.54) is 0 Å². The molecule has 0 bridgehead atoms. The van der Waals surface area contributed by atoms with Gasteiger partial charge < -0.3 is 0 Å². The third-order valence-electron chi connectivity index (χ3n) is 2.41. The number of nitrogens with zero attached hydrogens (tertiary/aromatic N) is 1. The second-order valence-corrected chi connectivity index (χ2v) is 3.45. The van der Waals surface area contributed by atoms with Crippen LogP contribution in [-0.4, -0.2) is 17.2 Å². The Bertz CT molecular complexity index is 325. The van der Waals surface area contributed by atoms with Crippen molar-refractivity contribution >= 4 is 0 Å². The highest BCUT2D eigenvalue weighted by molar-refractivity contribution is 5.16. The van der Waals surface area contributed by atoms with Crippen molar-refractivity contribution in [1.82, 2.24) is 15.8 Å². The number of nitrogens with one attached hydrogen (secondary N) is 2. The van der Waals surface area contributed by atoms with E-state index in [4.69, 9.17) is 0 Å². The Morgan fingerprint density at radius 2 is 1.87 bits per heavy atom. The van der Waals surface area contributed by atoms with Gasteiger partial charge in [-0.05, 0) is 24.1 Å². The lowest BCUT2D eigenvalue weighted by molar-refractivity contribution is -0.153. The molecule has 6 heteroatoms. The molecule has 0 radical (unpaired) electrons. The van der Waals surface area contributed by atoms with Crippen LogP contribution in [0.15, 0.2) is 24.5 Å². The van der Waals surface area contributed by atoms with Crippen molar-refractivity contribution in [3.63, 3.8) is 0 Å². The first-order valence-corrected chi connectivity index (χ1v) is 4.55. The minimum Gasteiger partial charge on any atom is -0.265 e. The molecule has 1 aliphatic rings. The van der Waals surface area contributed by atoms with Gasteiger partial charge in [-0.15, -0.1) is 0 Å². The van der Waals surface area contributed by atoms with Crippen LogP contribution in [0.1, 0.15) is 18.0 Å². The SMILES string of the molecule is FC(F)(F)C1CC(c2ccncc2)NN1. The van der Waals surface area contributed by atoms with Crippen LogP contribution in [0.4, 0.5) is 13.2 Å². The van der Waals surface area contributed by atoms with Gasteiger partial charge in [0.15, 0.2) is 0 Å². The molecular formula is C9H10F3N3. The second-order valence-electron chi connectivity index (χ2n) is 3.45. The molecular weight excluding hydrogens is 207 g/mol. The molecule has 2 N–H and O–H groups in total. The summed E-state index contributed by atoms with van der Waals surface area (Å²) in [6, 6.07) is 1.63. The van der Waals surface area contributed by atoms with Gasteiger partial charge in [0.2, 0.25) is 0 Å². The highest BCUT2D eigenvalue weighted by Crippen LogP contribution is 2.31. The summed E-state index contributed by atoms with van der Waals surface area (Å²) in [6.07, 6.45) is -1.06. The van der Waals surface area contributed by atoms with Crippen LogP contribution in [0.5, 0.6) is 0 Å². The van der Waals surface area contributed by atoms with Crippen molar-refractivity contribution in [3.05, 3.63) is 30.1 Å². The lowest BCUT2D eigenvalue weighted by Crippen LogP contribution is -2.40. The Kier molecular flexibility index (Phi) is 2.62. The van der Waals surface area contributed by atoms with Crippen LogP contribution in [-0.2, 0) is 0 Å². The summed E-state index contributed by atoms with van der Waals surface area (Å²) in [6.45, 7) is 0. The molecule has 1 aromatic heterocycles. The summed E-state index contributed by atoms with van der Waals surface area (Å²) in [7, 11) is 0. The van der Waals surface area contributed by atoms with E-state index in [1.54, 1.807) is 24.5 Å². The molecule has 0 amide bonds.